The smallest absolute Gasteiger partial charge is 0.131 e. The van der Waals surface area contributed by atoms with Gasteiger partial charge in [0.05, 0.1) is 6.10 Å². The summed E-state index contributed by atoms with van der Waals surface area (Å²) in [6.07, 6.45) is 1.35. The Morgan fingerprint density at radius 2 is 2.21 bits per heavy atom. The lowest BCUT2D eigenvalue weighted by Crippen LogP contribution is -2.58. The van der Waals surface area contributed by atoms with Crippen molar-refractivity contribution in [3.05, 3.63) is 23.4 Å². The van der Waals surface area contributed by atoms with E-state index >= 15 is 0 Å². The van der Waals surface area contributed by atoms with Gasteiger partial charge in [-0.15, -0.1) is 0 Å². The summed E-state index contributed by atoms with van der Waals surface area (Å²) >= 11 is 5.90. The fourth-order valence-corrected chi connectivity index (χ4v) is 2.55. The number of hydrogen-bond acceptors (Lipinski definition) is 3. The molecule has 1 aromatic rings. The summed E-state index contributed by atoms with van der Waals surface area (Å²) in [5.41, 5.74) is 0.124. The van der Waals surface area contributed by atoms with Crippen molar-refractivity contribution < 1.29 is 4.74 Å². The molecular weight excluding hydrogens is 260 g/mol. The van der Waals surface area contributed by atoms with Gasteiger partial charge in [0.1, 0.15) is 11.0 Å². The fourth-order valence-electron chi connectivity index (χ4n) is 2.39. The first-order valence-electron chi connectivity index (χ1n) is 6.90. The molecule has 0 aliphatic heterocycles. The van der Waals surface area contributed by atoms with E-state index in [2.05, 4.69) is 38.0 Å². The number of halogens is 1. The molecule has 1 aliphatic rings. The van der Waals surface area contributed by atoms with Gasteiger partial charge in [-0.1, -0.05) is 45.4 Å². The third-order valence-corrected chi connectivity index (χ3v) is 4.06. The van der Waals surface area contributed by atoms with Crippen LogP contribution < -0.4 is 5.32 Å². The quantitative estimate of drug-likeness (QED) is 0.829. The van der Waals surface area contributed by atoms with Gasteiger partial charge in [0.25, 0.3) is 0 Å². The zero-order valence-electron chi connectivity index (χ0n) is 12.1. The van der Waals surface area contributed by atoms with Crippen molar-refractivity contribution in [2.24, 2.45) is 11.3 Å². The second-order valence-electron chi connectivity index (χ2n) is 6.32. The first-order chi connectivity index (χ1) is 8.89. The fraction of sp³-hybridized carbons (Fsp3) is 0.667. The highest BCUT2D eigenvalue weighted by Crippen LogP contribution is 2.44. The highest BCUT2D eigenvalue weighted by Gasteiger charge is 2.49. The van der Waals surface area contributed by atoms with Crippen LogP contribution in [0.1, 0.15) is 34.1 Å². The summed E-state index contributed by atoms with van der Waals surface area (Å²) in [5.74, 6) is 1.42. The van der Waals surface area contributed by atoms with Crippen LogP contribution in [0.15, 0.2) is 18.2 Å². The molecule has 4 heteroatoms. The summed E-state index contributed by atoms with van der Waals surface area (Å²) in [4.78, 5) is 4.27. The van der Waals surface area contributed by atoms with E-state index in [1.54, 1.807) is 6.07 Å². The summed E-state index contributed by atoms with van der Waals surface area (Å²) < 4.78 is 5.96. The molecule has 3 nitrogen and oxygen atoms in total. The second-order valence-corrected chi connectivity index (χ2v) is 6.70. The molecule has 1 aliphatic carbocycles. The van der Waals surface area contributed by atoms with Gasteiger partial charge < -0.3 is 10.1 Å². The number of pyridine rings is 1. The lowest BCUT2D eigenvalue weighted by molar-refractivity contribution is -0.109. The van der Waals surface area contributed by atoms with Crippen LogP contribution in [-0.2, 0) is 4.74 Å². The van der Waals surface area contributed by atoms with Crippen molar-refractivity contribution in [2.45, 2.75) is 46.3 Å². The summed E-state index contributed by atoms with van der Waals surface area (Å²) in [6, 6.07) is 6.03. The first kappa shape index (κ1) is 14.6. The Labute approximate surface area is 120 Å². The lowest BCUT2D eigenvalue weighted by Gasteiger charge is -2.52. The molecule has 0 spiro atoms. The highest BCUT2D eigenvalue weighted by atomic mass is 35.5. The second kappa shape index (κ2) is 5.68. The van der Waals surface area contributed by atoms with Gasteiger partial charge in [-0.2, -0.15) is 0 Å². The maximum absolute atomic E-state index is 5.96. The normalized spacial score (nSPS) is 25.2. The van der Waals surface area contributed by atoms with Gasteiger partial charge in [-0.25, -0.2) is 4.98 Å². The number of anilines is 1. The van der Waals surface area contributed by atoms with Gasteiger partial charge >= 0.3 is 0 Å². The van der Waals surface area contributed by atoms with Crippen LogP contribution >= 0.6 is 11.6 Å². The Kier molecular flexibility index (Phi) is 4.36. The number of hydrogen-bond donors (Lipinski definition) is 1. The van der Waals surface area contributed by atoms with Crippen LogP contribution in [0.2, 0.25) is 5.15 Å². The topological polar surface area (TPSA) is 34.1 Å². The molecule has 0 saturated heterocycles. The van der Waals surface area contributed by atoms with Crippen LogP contribution in [-0.4, -0.2) is 23.7 Å². The molecule has 0 bridgehead atoms. The molecule has 0 amide bonds. The van der Waals surface area contributed by atoms with E-state index in [-0.39, 0.29) is 5.41 Å². The molecule has 0 aromatic carbocycles. The molecular formula is C15H23ClN2O. The molecule has 2 rings (SSSR count). The number of rotatable bonds is 5. The van der Waals surface area contributed by atoms with Gasteiger partial charge in [0, 0.05) is 18.1 Å². The lowest BCUT2D eigenvalue weighted by atomic mass is 9.64. The SMILES string of the molecule is CC(C)COC1CC(Nc2cccc(Cl)n2)C1(C)C. The van der Waals surface area contributed by atoms with Crippen molar-refractivity contribution in [1.82, 2.24) is 4.98 Å². The molecule has 2 atom stereocenters. The Morgan fingerprint density at radius 3 is 2.79 bits per heavy atom. The van der Waals surface area contributed by atoms with E-state index in [4.69, 9.17) is 16.3 Å². The van der Waals surface area contributed by atoms with Crippen LogP contribution in [0.25, 0.3) is 0 Å². The van der Waals surface area contributed by atoms with Crippen molar-refractivity contribution >= 4 is 17.4 Å². The van der Waals surface area contributed by atoms with E-state index in [0.717, 1.165) is 18.8 Å². The van der Waals surface area contributed by atoms with Crippen molar-refractivity contribution in [1.29, 1.82) is 0 Å². The molecule has 1 aromatic heterocycles. The van der Waals surface area contributed by atoms with E-state index < -0.39 is 0 Å². The maximum Gasteiger partial charge on any atom is 0.131 e. The predicted molar refractivity (Wildman–Crippen MR) is 79.6 cm³/mol. The van der Waals surface area contributed by atoms with Crippen molar-refractivity contribution in [3.63, 3.8) is 0 Å². The van der Waals surface area contributed by atoms with Gasteiger partial charge in [0.15, 0.2) is 0 Å². The standard InChI is InChI=1S/C15H23ClN2O/c1-10(2)9-19-12-8-11(15(12,3)4)17-14-7-5-6-13(16)18-14/h5-7,10-12H,8-9H2,1-4H3,(H,17,18). The van der Waals surface area contributed by atoms with E-state index in [1.165, 1.54) is 0 Å². The largest absolute Gasteiger partial charge is 0.377 e. The minimum Gasteiger partial charge on any atom is -0.377 e. The van der Waals surface area contributed by atoms with E-state index in [9.17, 15) is 0 Å². The summed E-state index contributed by atoms with van der Waals surface area (Å²) in [6.45, 7) is 9.66. The number of ether oxygens (including phenoxy) is 1. The first-order valence-corrected chi connectivity index (χ1v) is 7.28. The monoisotopic (exact) mass is 282 g/mol. The third kappa shape index (κ3) is 3.40. The van der Waals surface area contributed by atoms with Crippen molar-refractivity contribution in [3.8, 4) is 0 Å². The number of nitrogens with one attached hydrogen (secondary N) is 1. The predicted octanol–water partition coefficient (Wildman–Crippen LogP) is 3.99. The molecule has 19 heavy (non-hydrogen) atoms. The molecule has 1 saturated carbocycles. The van der Waals surface area contributed by atoms with Crippen molar-refractivity contribution in [2.75, 3.05) is 11.9 Å². The van der Waals surface area contributed by atoms with Crippen LogP contribution in [0.5, 0.6) is 0 Å². The molecule has 1 N–H and O–H groups in total. The molecule has 106 valence electrons. The minimum absolute atomic E-state index is 0.124. The molecule has 0 radical (unpaired) electrons. The average molecular weight is 283 g/mol. The molecule has 2 unspecified atom stereocenters. The van der Waals surface area contributed by atoms with E-state index in [0.29, 0.717) is 23.2 Å². The number of aromatic nitrogens is 1. The Bertz CT molecular complexity index is 434. The Morgan fingerprint density at radius 1 is 1.47 bits per heavy atom. The molecule has 1 heterocycles. The van der Waals surface area contributed by atoms with Crippen LogP contribution in [0, 0.1) is 11.3 Å². The van der Waals surface area contributed by atoms with Gasteiger partial charge in [-0.3, -0.25) is 0 Å². The third-order valence-electron chi connectivity index (χ3n) is 3.85. The zero-order chi connectivity index (χ0) is 14.0. The van der Waals surface area contributed by atoms with Crippen LogP contribution in [0.4, 0.5) is 5.82 Å². The average Bonchev–Trinajstić information content (AvgIpc) is 2.32. The minimum atomic E-state index is 0.124. The van der Waals surface area contributed by atoms with Gasteiger partial charge in [-0.05, 0) is 24.5 Å². The maximum atomic E-state index is 5.96. The summed E-state index contributed by atoms with van der Waals surface area (Å²) in [5, 5.41) is 3.97. The Hall–Kier alpha value is -0.800. The van der Waals surface area contributed by atoms with Crippen LogP contribution in [0.3, 0.4) is 0 Å². The van der Waals surface area contributed by atoms with E-state index in [1.807, 2.05) is 12.1 Å². The summed E-state index contributed by atoms with van der Waals surface area (Å²) in [7, 11) is 0. The highest BCUT2D eigenvalue weighted by molar-refractivity contribution is 6.29. The number of nitrogens with zero attached hydrogens (tertiary/aromatic N) is 1. The zero-order valence-corrected chi connectivity index (χ0v) is 12.9. The Balaban J connectivity index is 1.90. The molecule has 1 fully saturated rings. The van der Waals surface area contributed by atoms with Gasteiger partial charge in [0.2, 0.25) is 0 Å².